The number of rotatable bonds is 10. The summed E-state index contributed by atoms with van der Waals surface area (Å²) in [5.74, 6) is 4.30. The van der Waals surface area contributed by atoms with E-state index in [1.807, 2.05) is 6.07 Å². The van der Waals surface area contributed by atoms with Gasteiger partial charge in [0.15, 0.2) is 11.5 Å². The van der Waals surface area contributed by atoms with Crippen molar-refractivity contribution in [3.05, 3.63) is 22.2 Å². The van der Waals surface area contributed by atoms with Gasteiger partial charge in [0.05, 0.1) is 34.0 Å². The van der Waals surface area contributed by atoms with Crippen LogP contribution in [0.4, 0.5) is 0 Å². The Balaban J connectivity index is 1.32. The van der Waals surface area contributed by atoms with Crippen molar-refractivity contribution < 1.29 is 23.4 Å². The fraction of sp³-hybridized carbons (Fsp3) is 0.769. The van der Waals surface area contributed by atoms with Gasteiger partial charge < -0.3 is 23.4 Å². The Morgan fingerprint density at radius 1 is 1.06 bits per heavy atom. The third-order valence-corrected chi connectivity index (χ3v) is 9.56. The minimum absolute atomic E-state index is 0.568. The van der Waals surface area contributed by atoms with Crippen molar-refractivity contribution in [3.63, 3.8) is 0 Å². The van der Waals surface area contributed by atoms with Crippen molar-refractivity contribution >= 4 is 15.9 Å². The second kappa shape index (κ2) is 10.2. The maximum atomic E-state index is 6.23. The van der Waals surface area contributed by atoms with Crippen LogP contribution in [0.25, 0.3) is 0 Å². The molecule has 5 nitrogen and oxygen atoms in total. The first-order valence-electron chi connectivity index (χ1n) is 12.3. The van der Waals surface area contributed by atoms with Crippen LogP contribution in [0.5, 0.6) is 11.5 Å². The maximum Gasteiger partial charge on any atom is 0.161 e. The van der Waals surface area contributed by atoms with Crippen molar-refractivity contribution in [2.75, 3.05) is 60.3 Å². The fourth-order valence-electron chi connectivity index (χ4n) is 6.47. The van der Waals surface area contributed by atoms with E-state index in [1.54, 1.807) is 14.2 Å². The molecule has 1 aromatic rings. The molecule has 0 radical (unpaired) electrons. The lowest BCUT2D eigenvalue weighted by Crippen LogP contribution is -2.56. The zero-order valence-electron chi connectivity index (χ0n) is 20.3. The summed E-state index contributed by atoms with van der Waals surface area (Å²) < 4.78 is 25.0. The molecule has 0 amide bonds. The molecule has 180 valence electrons. The van der Waals surface area contributed by atoms with Crippen molar-refractivity contribution in [2.24, 2.45) is 23.2 Å². The van der Waals surface area contributed by atoms with E-state index in [0.29, 0.717) is 5.41 Å². The monoisotopic (exact) mass is 510 g/mol. The third kappa shape index (κ3) is 4.98. The summed E-state index contributed by atoms with van der Waals surface area (Å²) in [6, 6.07) is 4.12. The summed E-state index contributed by atoms with van der Waals surface area (Å²) in [4.78, 5) is 0. The van der Waals surface area contributed by atoms with Gasteiger partial charge in [-0.05, 0) is 61.0 Å². The SMILES string of the molecule is COc1cc(Br)c(C[N+]2(CCOCC[C@H]3CC[C@@H]4C[C@H]3C4(C)C)CCOCC2)cc1OC. The molecule has 1 heterocycles. The van der Waals surface area contributed by atoms with Crippen LogP contribution < -0.4 is 9.47 Å². The van der Waals surface area contributed by atoms with E-state index in [-0.39, 0.29) is 0 Å². The van der Waals surface area contributed by atoms with Gasteiger partial charge in [0, 0.05) is 16.6 Å². The highest BCUT2D eigenvalue weighted by Gasteiger charge is 2.53. The number of fused-ring (bicyclic) bond motifs is 2. The number of morpholine rings is 1. The van der Waals surface area contributed by atoms with Crippen LogP contribution in [-0.2, 0) is 16.0 Å². The summed E-state index contributed by atoms with van der Waals surface area (Å²) >= 11 is 3.75. The molecular weight excluding hydrogens is 470 g/mol. The first kappa shape index (κ1) is 24.3. The molecule has 0 aromatic heterocycles. The topological polar surface area (TPSA) is 36.9 Å². The minimum Gasteiger partial charge on any atom is -0.493 e. The lowest BCUT2D eigenvalue weighted by Gasteiger charge is -2.60. The van der Waals surface area contributed by atoms with Crippen LogP contribution in [0.1, 0.15) is 45.1 Å². The first-order chi connectivity index (χ1) is 15.4. The quantitative estimate of drug-likeness (QED) is 0.316. The molecule has 6 heteroatoms. The molecule has 1 aromatic carbocycles. The molecule has 2 bridgehead atoms. The number of nitrogens with zero attached hydrogens (tertiary/aromatic N) is 1. The number of halogens is 1. The molecule has 0 spiro atoms. The molecule has 0 unspecified atom stereocenters. The van der Waals surface area contributed by atoms with Gasteiger partial charge in [-0.15, -0.1) is 0 Å². The van der Waals surface area contributed by atoms with E-state index in [1.165, 1.54) is 31.2 Å². The largest absolute Gasteiger partial charge is 0.493 e. The molecule has 4 fully saturated rings. The standard InChI is InChI=1S/C26H41BrNO4/c1-26(2)21-6-5-19(22(26)16-21)7-11-31-12-8-28(9-13-32-14-10-28)18-20-15-24(29-3)25(30-4)17-23(20)27/h15,17,19,21-22H,5-14,16,18H2,1-4H3/q+1/t19-,21-,22-/m1/s1. The number of quaternary nitrogens is 1. The molecule has 1 aliphatic heterocycles. The summed E-state index contributed by atoms with van der Waals surface area (Å²) in [7, 11) is 3.37. The van der Waals surface area contributed by atoms with Crippen LogP contribution >= 0.6 is 15.9 Å². The van der Waals surface area contributed by atoms with Crippen molar-refractivity contribution in [1.82, 2.24) is 0 Å². The van der Waals surface area contributed by atoms with Crippen LogP contribution in [0.3, 0.4) is 0 Å². The van der Waals surface area contributed by atoms with E-state index in [2.05, 4.69) is 35.8 Å². The highest BCUT2D eigenvalue weighted by atomic mass is 79.9. The Kier molecular flexibility index (Phi) is 7.75. The molecule has 32 heavy (non-hydrogen) atoms. The molecular formula is C26H41BrNO4+. The van der Waals surface area contributed by atoms with Gasteiger partial charge >= 0.3 is 0 Å². The fourth-order valence-corrected chi connectivity index (χ4v) is 6.92. The third-order valence-electron chi connectivity index (χ3n) is 8.82. The lowest BCUT2D eigenvalue weighted by molar-refractivity contribution is -0.947. The second-order valence-electron chi connectivity index (χ2n) is 10.7. The van der Waals surface area contributed by atoms with Gasteiger partial charge in [0.25, 0.3) is 0 Å². The minimum atomic E-state index is 0.568. The van der Waals surface area contributed by atoms with Crippen molar-refractivity contribution in [3.8, 4) is 11.5 Å². The van der Waals surface area contributed by atoms with E-state index in [0.717, 1.165) is 90.8 Å². The van der Waals surface area contributed by atoms with Crippen molar-refractivity contribution in [2.45, 2.75) is 46.1 Å². The van der Waals surface area contributed by atoms with Gasteiger partial charge in [-0.2, -0.15) is 0 Å². The van der Waals surface area contributed by atoms with Crippen LogP contribution in [-0.4, -0.2) is 64.8 Å². The molecule has 1 saturated heterocycles. The van der Waals surface area contributed by atoms with Gasteiger partial charge in [-0.1, -0.05) is 29.8 Å². The van der Waals surface area contributed by atoms with Gasteiger partial charge in [0.2, 0.25) is 0 Å². The molecule has 3 saturated carbocycles. The Labute approximate surface area is 202 Å². The Morgan fingerprint density at radius 3 is 2.44 bits per heavy atom. The highest BCUT2D eigenvalue weighted by molar-refractivity contribution is 9.10. The predicted octanol–water partition coefficient (Wildman–Crippen LogP) is 5.29. The summed E-state index contributed by atoms with van der Waals surface area (Å²) in [6.07, 6.45) is 5.52. The average Bonchev–Trinajstić information content (AvgIpc) is 2.80. The van der Waals surface area contributed by atoms with Gasteiger partial charge in [-0.3, -0.25) is 0 Å². The predicted molar refractivity (Wildman–Crippen MR) is 130 cm³/mol. The zero-order chi connectivity index (χ0) is 22.8. The lowest BCUT2D eigenvalue weighted by atomic mass is 9.45. The van der Waals surface area contributed by atoms with Gasteiger partial charge in [-0.25, -0.2) is 0 Å². The number of hydrogen-bond acceptors (Lipinski definition) is 4. The highest BCUT2D eigenvalue weighted by Crippen LogP contribution is 2.61. The van der Waals surface area contributed by atoms with E-state index >= 15 is 0 Å². The van der Waals surface area contributed by atoms with E-state index in [9.17, 15) is 0 Å². The zero-order valence-corrected chi connectivity index (χ0v) is 21.9. The number of ether oxygens (including phenoxy) is 4. The Hall–Kier alpha value is -0.820. The van der Waals surface area contributed by atoms with Crippen LogP contribution in [0.2, 0.25) is 0 Å². The van der Waals surface area contributed by atoms with E-state index < -0.39 is 0 Å². The van der Waals surface area contributed by atoms with Gasteiger partial charge in [0.1, 0.15) is 26.2 Å². The molecule has 4 aliphatic rings. The molecule has 5 rings (SSSR count). The molecule has 3 atom stereocenters. The summed E-state index contributed by atoms with van der Waals surface area (Å²) in [6.45, 7) is 12.3. The summed E-state index contributed by atoms with van der Waals surface area (Å²) in [5, 5.41) is 0. The Bertz CT molecular complexity index is 775. The van der Waals surface area contributed by atoms with E-state index in [4.69, 9.17) is 18.9 Å². The number of methoxy groups -OCH3 is 2. The Morgan fingerprint density at radius 2 is 1.78 bits per heavy atom. The number of benzene rings is 1. The normalized spacial score (nSPS) is 28.1. The van der Waals surface area contributed by atoms with Crippen LogP contribution in [0, 0.1) is 23.2 Å². The number of hydrogen-bond donors (Lipinski definition) is 0. The smallest absolute Gasteiger partial charge is 0.161 e. The second-order valence-corrected chi connectivity index (χ2v) is 11.5. The molecule has 3 aliphatic carbocycles. The maximum absolute atomic E-state index is 6.23. The van der Waals surface area contributed by atoms with Crippen LogP contribution in [0.15, 0.2) is 16.6 Å². The first-order valence-corrected chi connectivity index (χ1v) is 13.1. The van der Waals surface area contributed by atoms with Crippen molar-refractivity contribution in [1.29, 1.82) is 0 Å². The average molecular weight is 512 g/mol. The molecule has 0 N–H and O–H groups in total. The summed E-state index contributed by atoms with van der Waals surface area (Å²) in [5.41, 5.74) is 1.81.